The van der Waals surface area contributed by atoms with Gasteiger partial charge in [0.1, 0.15) is 12.6 Å². The maximum atomic E-state index is 13.6. The van der Waals surface area contributed by atoms with E-state index in [0.717, 1.165) is 16.1 Å². The van der Waals surface area contributed by atoms with Gasteiger partial charge in [0.05, 0.1) is 11.9 Å². The second kappa shape index (κ2) is 12.2. The van der Waals surface area contributed by atoms with E-state index in [1.807, 2.05) is 27.7 Å². The number of carbonyl (C=O) groups excluding carboxylic acids is 2. The molecule has 0 saturated carbocycles. The summed E-state index contributed by atoms with van der Waals surface area (Å²) < 4.78 is 26.2. The molecule has 7 nitrogen and oxygen atoms in total. The minimum atomic E-state index is -3.76. The highest BCUT2D eigenvalue weighted by Gasteiger charge is 2.32. The third kappa shape index (κ3) is 7.74. The third-order valence-electron chi connectivity index (χ3n) is 5.37. The van der Waals surface area contributed by atoms with Gasteiger partial charge in [-0.15, -0.1) is 0 Å². The van der Waals surface area contributed by atoms with Crippen molar-refractivity contribution in [2.45, 2.75) is 46.7 Å². The van der Waals surface area contributed by atoms with Crippen molar-refractivity contribution >= 4 is 39.1 Å². The van der Waals surface area contributed by atoms with Gasteiger partial charge in [-0.05, 0) is 43.0 Å². The Kier molecular flexibility index (Phi) is 9.94. The quantitative estimate of drug-likeness (QED) is 0.498. The molecule has 2 aromatic rings. The van der Waals surface area contributed by atoms with E-state index in [1.54, 1.807) is 48.5 Å². The number of aryl methyl sites for hydroxylation is 1. The highest BCUT2D eigenvalue weighted by atomic mass is 35.5. The van der Waals surface area contributed by atoms with Crippen molar-refractivity contribution in [2.75, 3.05) is 23.7 Å². The van der Waals surface area contributed by atoms with Gasteiger partial charge in [-0.1, -0.05) is 68.3 Å². The van der Waals surface area contributed by atoms with Crippen molar-refractivity contribution in [3.63, 3.8) is 0 Å². The van der Waals surface area contributed by atoms with Crippen LogP contribution in [0.1, 0.15) is 38.3 Å². The van der Waals surface area contributed by atoms with Gasteiger partial charge in [0.15, 0.2) is 0 Å². The smallest absolute Gasteiger partial charge is 0.244 e. The summed E-state index contributed by atoms with van der Waals surface area (Å²) in [4.78, 5) is 28.0. The van der Waals surface area contributed by atoms with Crippen molar-refractivity contribution in [3.8, 4) is 0 Å². The average molecular weight is 508 g/mol. The van der Waals surface area contributed by atoms with E-state index >= 15 is 0 Å². The Morgan fingerprint density at radius 2 is 1.68 bits per heavy atom. The molecule has 2 amide bonds. The first-order chi connectivity index (χ1) is 15.9. The molecule has 1 N–H and O–H groups in total. The molecule has 0 unspecified atom stereocenters. The van der Waals surface area contributed by atoms with E-state index in [9.17, 15) is 18.0 Å². The molecule has 0 aromatic heterocycles. The topological polar surface area (TPSA) is 86.8 Å². The number of carbonyl (C=O) groups is 2. The first-order valence-electron chi connectivity index (χ1n) is 11.3. The van der Waals surface area contributed by atoms with E-state index in [0.29, 0.717) is 29.2 Å². The number of nitrogens with zero attached hydrogens (tertiary/aromatic N) is 2. The van der Waals surface area contributed by atoms with Crippen LogP contribution in [-0.4, -0.2) is 50.5 Å². The maximum absolute atomic E-state index is 13.6. The molecule has 0 saturated heterocycles. The summed E-state index contributed by atoms with van der Waals surface area (Å²) >= 11 is 6.35. The number of hydrogen-bond donors (Lipinski definition) is 1. The van der Waals surface area contributed by atoms with Crippen LogP contribution in [0.5, 0.6) is 0 Å². The zero-order valence-electron chi connectivity index (χ0n) is 20.4. The number of sulfonamides is 1. The third-order valence-corrected chi connectivity index (χ3v) is 6.88. The van der Waals surface area contributed by atoms with Crippen LogP contribution < -0.4 is 9.62 Å². The van der Waals surface area contributed by atoms with Crippen molar-refractivity contribution in [1.82, 2.24) is 10.2 Å². The summed E-state index contributed by atoms with van der Waals surface area (Å²) in [7, 11) is -3.76. The Morgan fingerprint density at radius 1 is 1.06 bits per heavy atom. The monoisotopic (exact) mass is 507 g/mol. The predicted molar refractivity (Wildman–Crippen MR) is 137 cm³/mol. The van der Waals surface area contributed by atoms with E-state index in [2.05, 4.69) is 5.32 Å². The number of anilines is 1. The molecule has 0 heterocycles. The molecular formula is C25H34ClN3O4S. The molecule has 0 aliphatic heterocycles. The number of nitrogens with one attached hydrogen (secondary N) is 1. The maximum Gasteiger partial charge on any atom is 0.244 e. The number of benzene rings is 2. The summed E-state index contributed by atoms with van der Waals surface area (Å²) in [6.07, 6.45) is 1.43. The molecular weight excluding hydrogens is 474 g/mol. The van der Waals surface area contributed by atoms with Gasteiger partial charge in [-0.2, -0.15) is 0 Å². The molecule has 0 aliphatic rings. The number of rotatable bonds is 11. The number of halogens is 1. The Bertz CT molecular complexity index is 1090. The molecule has 0 bridgehead atoms. The van der Waals surface area contributed by atoms with Crippen LogP contribution >= 0.6 is 11.6 Å². The molecule has 2 aromatic carbocycles. The fourth-order valence-electron chi connectivity index (χ4n) is 3.48. The van der Waals surface area contributed by atoms with Gasteiger partial charge in [0.2, 0.25) is 21.8 Å². The van der Waals surface area contributed by atoms with Gasteiger partial charge >= 0.3 is 0 Å². The van der Waals surface area contributed by atoms with Crippen LogP contribution in [0.2, 0.25) is 5.02 Å². The minimum Gasteiger partial charge on any atom is -0.354 e. The van der Waals surface area contributed by atoms with Crippen molar-refractivity contribution in [3.05, 3.63) is 64.7 Å². The normalized spacial score (nSPS) is 12.3. The van der Waals surface area contributed by atoms with E-state index in [1.165, 1.54) is 4.90 Å². The van der Waals surface area contributed by atoms with Crippen LogP contribution in [-0.2, 0) is 26.2 Å². The van der Waals surface area contributed by atoms with Crippen LogP contribution in [0, 0.1) is 12.8 Å². The lowest BCUT2D eigenvalue weighted by atomic mass is 10.1. The molecule has 9 heteroatoms. The average Bonchev–Trinajstić information content (AvgIpc) is 2.77. The summed E-state index contributed by atoms with van der Waals surface area (Å²) in [6.45, 7) is 7.81. The van der Waals surface area contributed by atoms with E-state index in [-0.39, 0.29) is 18.4 Å². The van der Waals surface area contributed by atoms with Crippen LogP contribution in [0.3, 0.4) is 0 Å². The van der Waals surface area contributed by atoms with Gasteiger partial charge in [0.25, 0.3) is 0 Å². The molecule has 1 atom stereocenters. The van der Waals surface area contributed by atoms with Crippen LogP contribution in [0.25, 0.3) is 0 Å². The summed E-state index contributed by atoms with van der Waals surface area (Å²) in [5.74, 6) is -0.522. The predicted octanol–water partition coefficient (Wildman–Crippen LogP) is 3.99. The molecule has 34 heavy (non-hydrogen) atoms. The van der Waals surface area contributed by atoms with Gasteiger partial charge in [0, 0.05) is 18.1 Å². The summed E-state index contributed by atoms with van der Waals surface area (Å²) in [5.41, 5.74) is 2.03. The Hall–Kier alpha value is -2.58. The first kappa shape index (κ1) is 27.7. The fourth-order valence-corrected chi connectivity index (χ4v) is 4.52. The fraction of sp³-hybridized carbons (Fsp3) is 0.440. The lowest BCUT2D eigenvalue weighted by molar-refractivity contribution is -0.140. The highest BCUT2D eigenvalue weighted by molar-refractivity contribution is 7.92. The standard InChI is InChI=1S/C25H34ClN3O4S/c1-6-23(25(31)27-15-18(2)3)28(16-20-9-7-8-10-22(20)26)24(30)17-29(34(5,32)33)21-13-11-19(4)12-14-21/h7-14,18,23H,6,15-17H2,1-5H3,(H,27,31)/t23-/m0/s1. The first-order valence-corrected chi connectivity index (χ1v) is 13.5. The van der Waals surface area contributed by atoms with Crippen molar-refractivity contribution < 1.29 is 18.0 Å². The lowest BCUT2D eigenvalue weighted by Crippen LogP contribution is -2.52. The molecule has 2 rings (SSSR count). The minimum absolute atomic E-state index is 0.0810. The SMILES string of the molecule is CC[C@@H](C(=O)NCC(C)C)N(Cc1ccccc1Cl)C(=O)CN(c1ccc(C)cc1)S(C)(=O)=O. The van der Waals surface area contributed by atoms with E-state index in [4.69, 9.17) is 11.6 Å². The summed E-state index contributed by atoms with van der Waals surface area (Å²) in [5, 5.41) is 3.36. The Labute approximate surface area is 208 Å². The lowest BCUT2D eigenvalue weighted by Gasteiger charge is -2.33. The summed E-state index contributed by atoms with van der Waals surface area (Å²) in [6, 6.07) is 13.2. The van der Waals surface area contributed by atoms with Crippen LogP contribution in [0.15, 0.2) is 48.5 Å². The van der Waals surface area contributed by atoms with Crippen molar-refractivity contribution in [1.29, 1.82) is 0 Å². The molecule has 186 valence electrons. The largest absolute Gasteiger partial charge is 0.354 e. The molecule has 0 radical (unpaired) electrons. The molecule has 0 fully saturated rings. The van der Waals surface area contributed by atoms with Gasteiger partial charge in [-0.3, -0.25) is 13.9 Å². The zero-order chi connectivity index (χ0) is 25.5. The number of amides is 2. The zero-order valence-corrected chi connectivity index (χ0v) is 22.0. The second-order valence-corrected chi connectivity index (χ2v) is 11.1. The molecule has 0 spiro atoms. The second-order valence-electron chi connectivity index (χ2n) is 8.78. The van der Waals surface area contributed by atoms with Gasteiger partial charge < -0.3 is 10.2 Å². The Morgan fingerprint density at radius 3 is 2.21 bits per heavy atom. The molecule has 0 aliphatic carbocycles. The van der Waals surface area contributed by atoms with Crippen molar-refractivity contribution in [2.24, 2.45) is 5.92 Å². The van der Waals surface area contributed by atoms with Gasteiger partial charge in [-0.25, -0.2) is 8.42 Å². The Balaban J connectivity index is 2.42. The van der Waals surface area contributed by atoms with E-state index < -0.39 is 28.5 Å². The highest BCUT2D eigenvalue weighted by Crippen LogP contribution is 2.22. The van der Waals surface area contributed by atoms with Crippen LogP contribution in [0.4, 0.5) is 5.69 Å². The number of hydrogen-bond acceptors (Lipinski definition) is 4.